The molecule has 0 radical (unpaired) electrons. The van der Waals surface area contributed by atoms with Crippen LogP contribution in [0.5, 0.6) is 0 Å². The smallest absolute Gasteiger partial charge is 0.174 e. The van der Waals surface area contributed by atoms with Crippen LogP contribution in [0.4, 0.5) is 0 Å². The molecule has 0 N–H and O–H groups in total. The molecule has 0 aliphatic carbocycles. The lowest BCUT2D eigenvalue weighted by Gasteiger charge is -2.03. The summed E-state index contributed by atoms with van der Waals surface area (Å²) in [4.78, 5) is 0. The van der Waals surface area contributed by atoms with Crippen LogP contribution in [0.15, 0.2) is 59.1 Å². The second-order valence-electron chi connectivity index (χ2n) is 5.00. The number of benzene rings is 2. The van der Waals surface area contributed by atoms with Gasteiger partial charge in [-0.2, -0.15) is 5.26 Å². The maximum atomic E-state index is 9.50. The highest BCUT2D eigenvalue weighted by Crippen LogP contribution is 2.22. The van der Waals surface area contributed by atoms with E-state index in [1.165, 1.54) is 0 Å². The van der Waals surface area contributed by atoms with Gasteiger partial charge in [-0.05, 0) is 23.8 Å². The molecule has 0 aliphatic rings. The van der Waals surface area contributed by atoms with Crippen molar-refractivity contribution >= 4 is 27.6 Å². The molecule has 5 heteroatoms. The predicted molar refractivity (Wildman–Crippen MR) is 94.1 cm³/mol. The molecular formula is C18H13BrN4. The summed E-state index contributed by atoms with van der Waals surface area (Å²) in [5.41, 5.74) is 2.37. The van der Waals surface area contributed by atoms with Crippen LogP contribution in [-0.4, -0.2) is 14.8 Å². The van der Waals surface area contributed by atoms with Crippen molar-refractivity contribution in [2.45, 2.75) is 0 Å². The first-order chi connectivity index (χ1) is 11.2. The number of hydrogen-bond donors (Lipinski definition) is 0. The number of rotatable bonds is 3. The average molecular weight is 365 g/mol. The van der Waals surface area contributed by atoms with Crippen molar-refractivity contribution in [3.8, 4) is 17.5 Å². The summed E-state index contributed by atoms with van der Waals surface area (Å²) >= 11 is 3.43. The number of nitrogens with zero attached hydrogens (tertiary/aromatic N) is 4. The molecular weight excluding hydrogens is 352 g/mol. The molecule has 1 heterocycles. The van der Waals surface area contributed by atoms with Crippen molar-refractivity contribution in [2.24, 2.45) is 7.05 Å². The van der Waals surface area contributed by atoms with Crippen molar-refractivity contribution in [1.82, 2.24) is 14.8 Å². The maximum absolute atomic E-state index is 9.50. The molecule has 112 valence electrons. The number of allylic oxidation sites excluding steroid dienone is 1. The second kappa shape index (κ2) is 6.59. The van der Waals surface area contributed by atoms with Crippen molar-refractivity contribution in [3.05, 3.63) is 70.5 Å². The first-order valence-corrected chi connectivity index (χ1v) is 7.81. The third kappa shape index (κ3) is 3.22. The predicted octanol–water partition coefficient (Wildman–Crippen LogP) is 4.31. The van der Waals surface area contributed by atoms with E-state index in [-0.39, 0.29) is 0 Å². The third-order valence-electron chi connectivity index (χ3n) is 3.43. The van der Waals surface area contributed by atoms with Gasteiger partial charge in [0.2, 0.25) is 0 Å². The summed E-state index contributed by atoms with van der Waals surface area (Å²) < 4.78 is 2.80. The van der Waals surface area contributed by atoms with Crippen LogP contribution in [0.25, 0.3) is 23.0 Å². The highest BCUT2D eigenvalue weighted by atomic mass is 79.9. The van der Waals surface area contributed by atoms with Gasteiger partial charge >= 0.3 is 0 Å². The Morgan fingerprint density at radius 3 is 2.61 bits per heavy atom. The minimum atomic E-state index is 0.472. The Balaban J connectivity index is 2.04. The maximum Gasteiger partial charge on any atom is 0.174 e. The summed E-state index contributed by atoms with van der Waals surface area (Å²) in [5.74, 6) is 1.28. The Labute approximate surface area is 142 Å². The summed E-state index contributed by atoms with van der Waals surface area (Å²) in [5, 5.41) is 17.9. The summed E-state index contributed by atoms with van der Waals surface area (Å²) in [6.45, 7) is 0. The summed E-state index contributed by atoms with van der Waals surface area (Å²) in [7, 11) is 1.86. The van der Waals surface area contributed by atoms with Crippen LogP contribution in [0.3, 0.4) is 0 Å². The highest BCUT2D eigenvalue weighted by molar-refractivity contribution is 9.10. The van der Waals surface area contributed by atoms with E-state index in [1.54, 1.807) is 0 Å². The molecule has 0 saturated carbocycles. The molecule has 0 aliphatic heterocycles. The third-order valence-corrected chi connectivity index (χ3v) is 3.92. The first-order valence-electron chi connectivity index (χ1n) is 7.01. The average Bonchev–Trinajstić information content (AvgIpc) is 2.95. The quantitative estimate of drug-likeness (QED) is 0.650. The lowest BCUT2D eigenvalue weighted by molar-refractivity contribution is 0.901. The lowest BCUT2D eigenvalue weighted by atomic mass is 10.1. The van der Waals surface area contributed by atoms with E-state index in [1.807, 2.05) is 72.3 Å². The van der Waals surface area contributed by atoms with Crippen LogP contribution in [0, 0.1) is 11.3 Å². The molecule has 0 atom stereocenters. The number of nitriles is 1. The molecule has 0 spiro atoms. The van der Waals surface area contributed by atoms with Crippen LogP contribution in [0.1, 0.15) is 11.4 Å². The van der Waals surface area contributed by atoms with Gasteiger partial charge in [-0.25, -0.2) is 0 Å². The fraction of sp³-hybridized carbons (Fsp3) is 0.0556. The van der Waals surface area contributed by atoms with Crippen LogP contribution < -0.4 is 0 Å². The fourth-order valence-electron chi connectivity index (χ4n) is 2.31. The molecule has 0 unspecified atom stereocenters. The number of halogens is 1. The van der Waals surface area contributed by atoms with Crippen molar-refractivity contribution in [2.75, 3.05) is 0 Å². The zero-order valence-electron chi connectivity index (χ0n) is 12.4. The SMILES string of the molecule is Cn1c(/C(C#N)=C\c2cccc(Br)c2)nnc1-c1ccccc1. The van der Waals surface area contributed by atoms with Gasteiger partial charge in [0.1, 0.15) is 6.07 Å². The standard InChI is InChI=1S/C18H13BrN4/c1-23-17(14-7-3-2-4-8-14)21-22-18(23)15(12-20)10-13-6-5-9-16(19)11-13/h2-11H,1H3/b15-10-. The van der Waals surface area contributed by atoms with E-state index in [9.17, 15) is 5.26 Å². The van der Waals surface area contributed by atoms with Gasteiger partial charge < -0.3 is 4.57 Å². The Kier molecular flexibility index (Phi) is 4.35. The van der Waals surface area contributed by atoms with Gasteiger partial charge in [-0.1, -0.05) is 58.4 Å². The summed E-state index contributed by atoms with van der Waals surface area (Å²) in [6.07, 6.45) is 1.81. The molecule has 3 rings (SSSR count). The minimum Gasteiger partial charge on any atom is -0.310 e. The van der Waals surface area contributed by atoms with E-state index >= 15 is 0 Å². The van der Waals surface area contributed by atoms with E-state index in [4.69, 9.17) is 0 Å². The van der Waals surface area contributed by atoms with Gasteiger partial charge in [0, 0.05) is 17.1 Å². The van der Waals surface area contributed by atoms with Gasteiger partial charge in [0.15, 0.2) is 11.6 Å². The second-order valence-corrected chi connectivity index (χ2v) is 5.91. The molecule has 2 aromatic carbocycles. The summed E-state index contributed by atoms with van der Waals surface area (Å²) in [6, 6.07) is 19.8. The molecule has 0 saturated heterocycles. The zero-order valence-corrected chi connectivity index (χ0v) is 14.0. The lowest BCUT2D eigenvalue weighted by Crippen LogP contribution is -1.98. The van der Waals surface area contributed by atoms with Crippen molar-refractivity contribution in [3.63, 3.8) is 0 Å². The molecule has 4 nitrogen and oxygen atoms in total. The largest absolute Gasteiger partial charge is 0.310 e. The monoisotopic (exact) mass is 364 g/mol. The van der Waals surface area contributed by atoms with E-state index in [2.05, 4.69) is 32.2 Å². The van der Waals surface area contributed by atoms with E-state index in [0.717, 1.165) is 21.4 Å². The molecule has 23 heavy (non-hydrogen) atoms. The molecule has 0 amide bonds. The van der Waals surface area contributed by atoms with Crippen LogP contribution in [0.2, 0.25) is 0 Å². The van der Waals surface area contributed by atoms with Gasteiger partial charge in [0.05, 0.1) is 5.57 Å². The van der Waals surface area contributed by atoms with Gasteiger partial charge in [-0.3, -0.25) is 0 Å². The molecule has 1 aromatic heterocycles. The van der Waals surface area contributed by atoms with Gasteiger partial charge in [-0.15, -0.1) is 10.2 Å². The van der Waals surface area contributed by atoms with Crippen molar-refractivity contribution < 1.29 is 0 Å². The normalized spacial score (nSPS) is 11.3. The highest BCUT2D eigenvalue weighted by Gasteiger charge is 2.14. The molecule has 0 fully saturated rings. The minimum absolute atomic E-state index is 0.472. The van der Waals surface area contributed by atoms with Crippen molar-refractivity contribution in [1.29, 1.82) is 5.26 Å². The zero-order chi connectivity index (χ0) is 16.2. The topological polar surface area (TPSA) is 54.5 Å². The molecule has 0 bridgehead atoms. The Morgan fingerprint density at radius 2 is 1.91 bits per heavy atom. The van der Waals surface area contributed by atoms with Crippen LogP contribution >= 0.6 is 15.9 Å². The number of aromatic nitrogens is 3. The fourth-order valence-corrected chi connectivity index (χ4v) is 2.73. The Morgan fingerprint density at radius 1 is 1.13 bits per heavy atom. The Bertz CT molecular complexity index is 904. The number of hydrogen-bond acceptors (Lipinski definition) is 3. The van der Waals surface area contributed by atoms with E-state index in [0.29, 0.717) is 11.4 Å². The Hall–Kier alpha value is -2.71. The first kappa shape index (κ1) is 15.2. The van der Waals surface area contributed by atoms with Gasteiger partial charge in [0.25, 0.3) is 0 Å². The van der Waals surface area contributed by atoms with E-state index < -0.39 is 0 Å². The molecule has 3 aromatic rings. The van der Waals surface area contributed by atoms with Crippen LogP contribution in [-0.2, 0) is 7.05 Å².